The largest absolute Gasteiger partial charge is 0.465 e. The molecule has 0 N–H and O–H groups in total. The molecule has 0 aliphatic carbocycles. The van der Waals surface area contributed by atoms with Gasteiger partial charge in [0.25, 0.3) is 0 Å². The maximum absolute atomic E-state index is 12.4. The SMILES string of the molecule is COC(=O)c1cccc2ncn(CC(F)(F)F)c12. The molecular formula is C11H9F3N2O2. The van der Waals surface area contributed by atoms with Gasteiger partial charge in [0.2, 0.25) is 0 Å². The van der Waals surface area contributed by atoms with E-state index in [0.29, 0.717) is 5.52 Å². The summed E-state index contributed by atoms with van der Waals surface area (Å²) in [6.45, 7) is -1.20. The highest BCUT2D eigenvalue weighted by Crippen LogP contribution is 2.24. The van der Waals surface area contributed by atoms with Crippen molar-refractivity contribution in [3.05, 3.63) is 30.1 Å². The lowest BCUT2D eigenvalue weighted by Gasteiger charge is -2.10. The molecule has 0 saturated heterocycles. The zero-order valence-electron chi connectivity index (χ0n) is 9.36. The van der Waals surface area contributed by atoms with Gasteiger partial charge in [-0.15, -0.1) is 0 Å². The van der Waals surface area contributed by atoms with Crippen molar-refractivity contribution >= 4 is 17.0 Å². The third-order valence-electron chi connectivity index (χ3n) is 2.39. The minimum absolute atomic E-state index is 0.0664. The van der Waals surface area contributed by atoms with E-state index in [2.05, 4.69) is 9.72 Å². The topological polar surface area (TPSA) is 44.1 Å². The number of hydrogen-bond acceptors (Lipinski definition) is 3. The predicted octanol–water partition coefficient (Wildman–Crippen LogP) is 2.39. The van der Waals surface area contributed by atoms with Gasteiger partial charge in [0.05, 0.1) is 30.0 Å². The number of methoxy groups -OCH3 is 1. The Hall–Kier alpha value is -2.05. The van der Waals surface area contributed by atoms with Crippen LogP contribution in [-0.4, -0.2) is 28.8 Å². The van der Waals surface area contributed by atoms with Crippen molar-refractivity contribution in [1.29, 1.82) is 0 Å². The molecule has 4 nitrogen and oxygen atoms in total. The van der Waals surface area contributed by atoms with Crippen molar-refractivity contribution < 1.29 is 22.7 Å². The average molecular weight is 258 g/mol. The fraction of sp³-hybridized carbons (Fsp3) is 0.273. The highest BCUT2D eigenvalue weighted by molar-refractivity contribution is 6.02. The first-order chi connectivity index (χ1) is 8.42. The summed E-state index contributed by atoms with van der Waals surface area (Å²) in [6.07, 6.45) is -3.32. The summed E-state index contributed by atoms with van der Waals surface area (Å²) >= 11 is 0. The summed E-state index contributed by atoms with van der Waals surface area (Å²) in [4.78, 5) is 15.3. The Morgan fingerprint density at radius 3 is 2.78 bits per heavy atom. The minimum Gasteiger partial charge on any atom is -0.465 e. The standard InChI is InChI=1S/C11H9F3N2O2/c1-18-10(17)7-3-2-4-8-9(7)16(6-15-8)5-11(12,13)14/h2-4,6H,5H2,1H3. The van der Waals surface area contributed by atoms with Crippen molar-refractivity contribution in [3.8, 4) is 0 Å². The normalized spacial score (nSPS) is 11.8. The van der Waals surface area contributed by atoms with Gasteiger partial charge in [-0.05, 0) is 12.1 Å². The van der Waals surface area contributed by atoms with Crippen LogP contribution < -0.4 is 0 Å². The van der Waals surface area contributed by atoms with Gasteiger partial charge in [-0.2, -0.15) is 13.2 Å². The smallest absolute Gasteiger partial charge is 0.406 e. The second-order valence-corrected chi connectivity index (χ2v) is 3.65. The summed E-state index contributed by atoms with van der Waals surface area (Å²) in [5.41, 5.74) is 0.514. The van der Waals surface area contributed by atoms with Crippen LogP contribution in [0.1, 0.15) is 10.4 Å². The molecule has 0 atom stereocenters. The summed E-state index contributed by atoms with van der Waals surface area (Å²) in [5.74, 6) is -0.690. The highest BCUT2D eigenvalue weighted by Gasteiger charge is 2.29. The number of alkyl halides is 3. The number of nitrogens with zero attached hydrogens (tertiary/aromatic N) is 2. The van der Waals surface area contributed by atoms with Crippen molar-refractivity contribution in [2.45, 2.75) is 12.7 Å². The lowest BCUT2D eigenvalue weighted by atomic mass is 10.2. The predicted molar refractivity (Wildman–Crippen MR) is 57.1 cm³/mol. The molecule has 0 spiro atoms. The third-order valence-corrected chi connectivity index (χ3v) is 2.39. The van der Waals surface area contributed by atoms with Gasteiger partial charge in [0.15, 0.2) is 0 Å². The van der Waals surface area contributed by atoms with E-state index in [1.165, 1.54) is 19.2 Å². The fourth-order valence-corrected chi connectivity index (χ4v) is 1.71. The van der Waals surface area contributed by atoms with E-state index in [0.717, 1.165) is 10.9 Å². The van der Waals surface area contributed by atoms with Gasteiger partial charge in [0.1, 0.15) is 6.54 Å². The zero-order valence-corrected chi connectivity index (χ0v) is 9.36. The molecule has 0 radical (unpaired) electrons. The van der Waals surface area contributed by atoms with Gasteiger partial charge in [-0.1, -0.05) is 6.07 Å². The van der Waals surface area contributed by atoms with Crippen LogP contribution >= 0.6 is 0 Å². The molecule has 2 aromatic rings. The Morgan fingerprint density at radius 2 is 2.17 bits per heavy atom. The number of para-hydroxylation sites is 1. The van der Waals surface area contributed by atoms with E-state index >= 15 is 0 Å². The van der Waals surface area contributed by atoms with E-state index in [-0.39, 0.29) is 11.1 Å². The van der Waals surface area contributed by atoms with E-state index in [1.807, 2.05) is 0 Å². The molecular weight excluding hydrogens is 249 g/mol. The Labute approximate surface area is 100.0 Å². The van der Waals surface area contributed by atoms with Gasteiger partial charge >= 0.3 is 12.1 Å². The van der Waals surface area contributed by atoms with Crippen LogP contribution in [0, 0.1) is 0 Å². The number of benzene rings is 1. The third kappa shape index (κ3) is 2.29. The van der Waals surface area contributed by atoms with Crippen LogP contribution in [0.25, 0.3) is 11.0 Å². The fourth-order valence-electron chi connectivity index (χ4n) is 1.71. The molecule has 0 bridgehead atoms. The van der Waals surface area contributed by atoms with E-state index < -0.39 is 18.7 Å². The average Bonchev–Trinajstić information content (AvgIpc) is 2.69. The molecule has 0 amide bonds. The number of imidazole rings is 1. The molecule has 2 rings (SSSR count). The van der Waals surface area contributed by atoms with Crippen molar-refractivity contribution in [1.82, 2.24) is 9.55 Å². The van der Waals surface area contributed by atoms with E-state index in [9.17, 15) is 18.0 Å². The number of hydrogen-bond donors (Lipinski definition) is 0. The van der Waals surface area contributed by atoms with Crippen LogP contribution in [0.4, 0.5) is 13.2 Å². The minimum atomic E-state index is -4.38. The Kier molecular flexibility index (Phi) is 2.98. The van der Waals surface area contributed by atoms with Crippen LogP contribution in [-0.2, 0) is 11.3 Å². The molecule has 18 heavy (non-hydrogen) atoms. The quantitative estimate of drug-likeness (QED) is 0.777. The number of carbonyl (C=O) groups is 1. The van der Waals surface area contributed by atoms with E-state index in [1.54, 1.807) is 6.07 Å². The summed E-state index contributed by atoms with van der Waals surface area (Å²) in [7, 11) is 1.17. The molecule has 7 heteroatoms. The van der Waals surface area contributed by atoms with Crippen molar-refractivity contribution in [3.63, 3.8) is 0 Å². The number of carbonyl (C=O) groups excluding carboxylic acids is 1. The summed E-state index contributed by atoms with van der Waals surface area (Å²) in [5, 5.41) is 0. The monoisotopic (exact) mass is 258 g/mol. The van der Waals surface area contributed by atoms with Gasteiger partial charge in [-0.3, -0.25) is 0 Å². The van der Waals surface area contributed by atoms with Gasteiger partial charge < -0.3 is 9.30 Å². The molecule has 0 aliphatic rings. The zero-order chi connectivity index (χ0) is 13.3. The first-order valence-corrected chi connectivity index (χ1v) is 5.01. The number of halogens is 3. The number of ether oxygens (including phenoxy) is 1. The maximum Gasteiger partial charge on any atom is 0.406 e. The van der Waals surface area contributed by atoms with E-state index in [4.69, 9.17) is 0 Å². The molecule has 0 fully saturated rings. The highest BCUT2D eigenvalue weighted by atomic mass is 19.4. The summed E-state index contributed by atoms with van der Waals surface area (Å²) < 4.78 is 42.6. The number of fused-ring (bicyclic) bond motifs is 1. The maximum atomic E-state index is 12.4. The molecule has 0 aliphatic heterocycles. The molecule has 0 saturated carbocycles. The molecule has 96 valence electrons. The molecule has 0 unspecified atom stereocenters. The van der Waals surface area contributed by atoms with Gasteiger partial charge in [-0.25, -0.2) is 9.78 Å². The van der Waals surface area contributed by atoms with Crippen LogP contribution in [0.5, 0.6) is 0 Å². The van der Waals surface area contributed by atoms with Crippen LogP contribution in [0.3, 0.4) is 0 Å². The Balaban J connectivity index is 2.59. The summed E-state index contributed by atoms with van der Waals surface area (Å²) in [6, 6.07) is 4.48. The molecule has 1 heterocycles. The van der Waals surface area contributed by atoms with Crippen LogP contribution in [0.2, 0.25) is 0 Å². The second kappa shape index (κ2) is 4.32. The lowest BCUT2D eigenvalue weighted by Crippen LogP contribution is -2.18. The lowest BCUT2D eigenvalue weighted by molar-refractivity contribution is -0.140. The van der Waals surface area contributed by atoms with Crippen LogP contribution in [0.15, 0.2) is 24.5 Å². The second-order valence-electron chi connectivity index (χ2n) is 3.65. The number of esters is 1. The molecule has 1 aromatic carbocycles. The first-order valence-electron chi connectivity index (χ1n) is 5.01. The van der Waals surface area contributed by atoms with Crippen molar-refractivity contribution in [2.24, 2.45) is 0 Å². The van der Waals surface area contributed by atoms with Crippen molar-refractivity contribution in [2.75, 3.05) is 7.11 Å². The first kappa shape index (κ1) is 12.4. The molecule has 1 aromatic heterocycles. The Bertz CT molecular complexity index is 589. The Morgan fingerprint density at radius 1 is 1.44 bits per heavy atom. The number of aromatic nitrogens is 2. The number of rotatable bonds is 2. The van der Waals surface area contributed by atoms with Gasteiger partial charge in [0, 0.05) is 0 Å².